The summed E-state index contributed by atoms with van der Waals surface area (Å²) in [4.78, 5) is 10.2. The molecule has 4 heteroatoms. The van der Waals surface area contributed by atoms with E-state index in [2.05, 4.69) is 84.9 Å². The SMILES string of the molecule is c1ccc(-c2nc(-c3cccc4oc5cc(-c6ccc7ccccc7c6)ccc5c34)nc3c2oc2ccccc23)cc1. The van der Waals surface area contributed by atoms with Crippen molar-refractivity contribution in [1.29, 1.82) is 0 Å². The summed E-state index contributed by atoms with van der Waals surface area (Å²) >= 11 is 0. The molecule has 3 heterocycles. The molecule has 0 N–H and O–H groups in total. The van der Waals surface area contributed by atoms with E-state index in [4.69, 9.17) is 18.8 Å². The number of aromatic nitrogens is 2. The summed E-state index contributed by atoms with van der Waals surface area (Å²) in [6.07, 6.45) is 0. The Hall–Kier alpha value is -5.74. The maximum Gasteiger partial charge on any atom is 0.180 e. The van der Waals surface area contributed by atoms with Gasteiger partial charge in [0, 0.05) is 27.3 Å². The lowest BCUT2D eigenvalue weighted by molar-refractivity contribution is 0.667. The van der Waals surface area contributed by atoms with Gasteiger partial charge >= 0.3 is 0 Å². The average molecular weight is 539 g/mol. The highest BCUT2D eigenvalue weighted by Crippen LogP contribution is 2.40. The fourth-order valence-corrected chi connectivity index (χ4v) is 6.06. The van der Waals surface area contributed by atoms with Crippen molar-refractivity contribution >= 4 is 54.8 Å². The molecule has 196 valence electrons. The van der Waals surface area contributed by atoms with Crippen molar-refractivity contribution in [2.45, 2.75) is 0 Å². The third-order valence-corrected chi connectivity index (χ3v) is 8.09. The summed E-state index contributed by atoms with van der Waals surface area (Å²) in [6, 6.07) is 45.7. The van der Waals surface area contributed by atoms with Gasteiger partial charge in [-0.3, -0.25) is 0 Å². The fraction of sp³-hybridized carbons (Fsp3) is 0. The van der Waals surface area contributed by atoms with Crippen LogP contribution in [0, 0.1) is 0 Å². The first-order valence-corrected chi connectivity index (χ1v) is 14.0. The van der Waals surface area contributed by atoms with Gasteiger partial charge in [0.1, 0.15) is 28.0 Å². The number of nitrogens with zero attached hydrogens (tertiary/aromatic N) is 2. The van der Waals surface area contributed by atoms with Crippen LogP contribution in [0.5, 0.6) is 0 Å². The Balaban J connectivity index is 1.27. The quantitative estimate of drug-likeness (QED) is 0.224. The molecule has 9 aromatic rings. The normalized spacial score (nSPS) is 11.8. The van der Waals surface area contributed by atoms with Crippen molar-refractivity contribution in [3.05, 3.63) is 133 Å². The van der Waals surface area contributed by atoms with Gasteiger partial charge in [-0.2, -0.15) is 0 Å². The summed E-state index contributed by atoms with van der Waals surface area (Å²) in [6.45, 7) is 0. The van der Waals surface area contributed by atoms with Crippen LogP contribution in [0.1, 0.15) is 0 Å². The molecule has 0 aliphatic rings. The summed E-state index contributed by atoms with van der Waals surface area (Å²) in [5.74, 6) is 0.639. The minimum atomic E-state index is 0.639. The van der Waals surface area contributed by atoms with Gasteiger partial charge in [-0.05, 0) is 58.3 Å². The minimum absolute atomic E-state index is 0.639. The van der Waals surface area contributed by atoms with Crippen molar-refractivity contribution in [1.82, 2.24) is 9.97 Å². The first kappa shape index (κ1) is 23.0. The molecule has 0 bridgehead atoms. The van der Waals surface area contributed by atoms with Gasteiger partial charge in [0.15, 0.2) is 11.4 Å². The van der Waals surface area contributed by atoms with Crippen LogP contribution in [0.25, 0.3) is 88.6 Å². The smallest absolute Gasteiger partial charge is 0.180 e. The third kappa shape index (κ3) is 3.49. The van der Waals surface area contributed by atoms with E-state index in [9.17, 15) is 0 Å². The molecule has 0 spiro atoms. The Kier molecular flexibility index (Phi) is 4.87. The third-order valence-electron chi connectivity index (χ3n) is 8.09. The molecule has 0 aliphatic heterocycles. The fourth-order valence-electron chi connectivity index (χ4n) is 6.06. The Labute approximate surface area is 240 Å². The second-order valence-corrected chi connectivity index (χ2v) is 10.6. The molecular weight excluding hydrogens is 516 g/mol. The van der Waals surface area contributed by atoms with Crippen molar-refractivity contribution in [2.24, 2.45) is 0 Å². The molecule has 4 nitrogen and oxygen atoms in total. The van der Waals surface area contributed by atoms with Crippen LogP contribution in [0.4, 0.5) is 0 Å². The van der Waals surface area contributed by atoms with Crippen LogP contribution in [-0.4, -0.2) is 9.97 Å². The summed E-state index contributed by atoms with van der Waals surface area (Å²) in [5, 5.41) is 5.46. The van der Waals surface area contributed by atoms with E-state index in [1.807, 2.05) is 48.5 Å². The molecule has 0 aliphatic carbocycles. The molecule has 6 aromatic carbocycles. The summed E-state index contributed by atoms with van der Waals surface area (Å²) in [5.41, 5.74) is 8.88. The maximum absolute atomic E-state index is 6.45. The number of para-hydroxylation sites is 1. The molecule has 42 heavy (non-hydrogen) atoms. The first-order valence-electron chi connectivity index (χ1n) is 14.0. The highest BCUT2D eigenvalue weighted by atomic mass is 16.3. The Morgan fingerprint density at radius 1 is 0.452 bits per heavy atom. The zero-order chi connectivity index (χ0) is 27.6. The molecule has 0 atom stereocenters. The van der Waals surface area contributed by atoms with Gasteiger partial charge in [-0.15, -0.1) is 0 Å². The predicted octanol–water partition coefficient (Wildman–Crippen LogP) is 10.4. The van der Waals surface area contributed by atoms with E-state index in [1.165, 1.54) is 10.8 Å². The van der Waals surface area contributed by atoms with Gasteiger partial charge in [0.25, 0.3) is 0 Å². The second kappa shape index (κ2) is 8.88. The van der Waals surface area contributed by atoms with Crippen LogP contribution in [-0.2, 0) is 0 Å². The molecule has 0 saturated heterocycles. The first-order chi connectivity index (χ1) is 20.8. The standard InChI is InChI=1S/C38H22N2O2/c1-2-10-24(11-3-1)35-37-36(29-13-6-7-15-31(29)42-37)40-38(39-35)30-14-8-16-32-34(30)28-20-19-27(22-33(28)41-32)26-18-17-23-9-4-5-12-25(23)21-26/h1-22H. The maximum atomic E-state index is 6.45. The highest BCUT2D eigenvalue weighted by molar-refractivity contribution is 6.13. The Bertz CT molecular complexity index is 2470. The topological polar surface area (TPSA) is 52.1 Å². The van der Waals surface area contributed by atoms with Crippen LogP contribution < -0.4 is 0 Å². The zero-order valence-electron chi connectivity index (χ0n) is 22.4. The minimum Gasteiger partial charge on any atom is -0.456 e. The monoisotopic (exact) mass is 538 g/mol. The predicted molar refractivity (Wildman–Crippen MR) is 170 cm³/mol. The van der Waals surface area contributed by atoms with Crippen molar-refractivity contribution in [2.75, 3.05) is 0 Å². The molecule has 0 amide bonds. The highest BCUT2D eigenvalue weighted by Gasteiger charge is 2.20. The molecule has 3 aromatic heterocycles. The summed E-state index contributed by atoms with van der Waals surface area (Å²) in [7, 11) is 0. The van der Waals surface area contributed by atoms with E-state index in [1.54, 1.807) is 0 Å². The number of fused-ring (bicyclic) bond motifs is 7. The molecule has 0 unspecified atom stereocenters. The zero-order valence-corrected chi connectivity index (χ0v) is 22.4. The van der Waals surface area contributed by atoms with Crippen LogP contribution in [0.15, 0.2) is 142 Å². The number of benzene rings is 6. The largest absolute Gasteiger partial charge is 0.456 e. The number of furan rings is 2. The Morgan fingerprint density at radius 3 is 2.14 bits per heavy atom. The lowest BCUT2D eigenvalue weighted by atomic mass is 9.99. The lowest BCUT2D eigenvalue weighted by Crippen LogP contribution is -1.94. The number of hydrogen-bond acceptors (Lipinski definition) is 4. The van der Waals surface area contributed by atoms with Gasteiger partial charge < -0.3 is 8.83 Å². The lowest BCUT2D eigenvalue weighted by Gasteiger charge is -2.07. The molecule has 0 fully saturated rings. The van der Waals surface area contributed by atoms with Crippen LogP contribution in [0.2, 0.25) is 0 Å². The molecule has 9 rings (SSSR count). The molecule has 0 radical (unpaired) electrons. The number of hydrogen-bond donors (Lipinski definition) is 0. The van der Waals surface area contributed by atoms with Crippen LogP contribution >= 0.6 is 0 Å². The van der Waals surface area contributed by atoms with E-state index < -0.39 is 0 Å². The summed E-state index contributed by atoms with van der Waals surface area (Å²) < 4.78 is 12.8. The van der Waals surface area contributed by atoms with Crippen molar-refractivity contribution in [3.63, 3.8) is 0 Å². The van der Waals surface area contributed by atoms with Crippen molar-refractivity contribution < 1.29 is 8.83 Å². The second-order valence-electron chi connectivity index (χ2n) is 10.6. The average Bonchev–Trinajstić information content (AvgIpc) is 3.62. The van der Waals surface area contributed by atoms with Gasteiger partial charge in [-0.1, -0.05) is 97.1 Å². The van der Waals surface area contributed by atoms with Crippen LogP contribution in [0.3, 0.4) is 0 Å². The Morgan fingerprint density at radius 2 is 1.21 bits per heavy atom. The van der Waals surface area contributed by atoms with E-state index in [0.717, 1.165) is 66.4 Å². The van der Waals surface area contributed by atoms with E-state index in [-0.39, 0.29) is 0 Å². The molecule has 0 saturated carbocycles. The number of rotatable bonds is 3. The van der Waals surface area contributed by atoms with E-state index in [0.29, 0.717) is 11.4 Å². The van der Waals surface area contributed by atoms with Gasteiger partial charge in [-0.25, -0.2) is 9.97 Å². The van der Waals surface area contributed by atoms with Crippen molar-refractivity contribution in [3.8, 4) is 33.8 Å². The van der Waals surface area contributed by atoms with Gasteiger partial charge in [0.2, 0.25) is 0 Å². The van der Waals surface area contributed by atoms with E-state index >= 15 is 0 Å². The molecular formula is C38H22N2O2. The van der Waals surface area contributed by atoms with Gasteiger partial charge in [0.05, 0.1) is 0 Å².